The molecule has 1 amide bonds. The van der Waals surface area contributed by atoms with Crippen LogP contribution in [0.15, 0.2) is 59.5 Å². The third-order valence-corrected chi connectivity index (χ3v) is 5.05. The Labute approximate surface area is 147 Å². The highest BCUT2D eigenvalue weighted by molar-refractivity contribution is 7.85. The smallest absolute Gasteiger partial charge is 0.326 e. The van der Waals surface area contributed by atoms with Crippen molar-refractivity contribution in [2.24, 2.45) is 0 Å². The lowest BCUT2D eigenvalue weighted by Gasteiger charge is -2.15. The Morgan fingerprint density at radius 3 is 2.33 bits per heavy atom. The second-order valence-electron chi connectivity index (χ2n) is 5.00. The van der Waals surface area contributed by atoms with Crippen LogP contribution in [0.1, 0.15) is 16.8 Å². The molecule has 126 valence electrons. The van der Waals surface area contributed by atoms with Crippen molar-refractivity contribution in [2.45, 2.75) is 17.4 Å². The van der Waals surface area contributed by atoms with E-state index in [0.717, 1.165) is 0 Å². The number of hydrogen-bond donors (Lipinski definition) is 2. The Morgan fingerprint density at radius 2 is 1.71 bits per heavy atom. The third-order valence-electron chi connectivity index (χ3n) is 3.32. The topological polar surface area (TPSA) is 83.5 Å². The quantitative estimate of drug-likeness (QED) is 0.790. The van der Waals surface area contributed by atoms with Gasteiger partial charge >= 0.3 is 5.97 Å². The molecule has 0 aromatic heterocycles. The number of carbonyl (C=O) groups is 2. The Morgan fingerprint density at radius 1 is 1.08 bits per heavy atom. The van der Waals surface area contributed by atoms with Gasteiger partial charge in [0.05, 0.1) is 21.4 Å². The number of benzene rings is 2. The van der Waals surface area contributed by atoms with Crippen LogP contribution in [0, 0.1) is 0 Å². The lowest BCUT2D eigenvalue weighted by atomic mass is 10.1. The van der Waals surface area contributed by atoms with Gasteiger partial charge in [-0.15, -0.1) is 0 Å². The molecule has 0 fully saturated rings. The number of halogens is 1. The third kappa shape index (κ3) is 4.91. The van der Waals surface area contributed by atoms with Crippen molar-refractivity contribution in [3.8, 4) is 0 Å². The van der Waals surface area contributed by atoms with E-state index in [1.54, 1.807) is 42.5 Å². The molecule has 0 spiro atoms. The highest BCUT2D eigenvalue weighted by atomic mass is 35.5. The first-order valence-corrected chi connectivity index (χ1v) is 8.90. The monoisotopic (exact) mass is 365 g/mol. The number of carboxylic acid groups (broad SMARTS) is 1. The molecular weight excluding hydrogens is 350 g/mol. The molecule has 2 atom stereocenters. The Kier molecular flexibility index (Phi) is 6.52. The van der Waals surface area contributed by atoms with Gasteiger partial charge in [-0.2, -0.15) is 0 Å². The molecule has 2 N–H and O–H groups in total. The van der Waals surface area contributed by atoms with E-state index in [2.05, 4.69) is 5.32 Å². The summed E-state index contributed by atoms with van der Waals surface area (Å²) in [6.45, 7) is 0. The van der Waals surface area contributed by atoms with Crippen LogP contribution >= 0.6 is 11.6 Å². The van der Waals surface area contributed by atoms with Crippen molar-refractivity contribution in [1.82, 2.24) is 5.32 Å². The van der Waals surface area contributed by atoms with Gasteiger partial charge in [-0.25, -0.2) is 4.79 Å². The second-order valence-corrected chi connectivity index (χ2v) is 6.97. The number of carboxylic acids is 1. The van der Waals surface area contributed by atoms with Gasteiger partial charge in [-0.1, -0.05) is 41.9 Å². The van der Waals surface area contributed by atoms with E-state index < -0.39 is 28.7 Å². The fourth-order valence-electron chi connectivity index (χ4n) is 2.05. The zero-order valence-electron chi connectivity index (χ0n) is 12.6. The van der Waals surface area contributed by atoms with Crippen molar-refractivity contribution >= 4 is 34.3 Å². The average Bonchev–Trinajstić information content (AvgIpc) is 2.59. The fourth-order valence-corrected chi connectivity index (χ4v) is 3.42. The van der Waals surface area contributed by atoms with Gasteiger partial charge in [0.25, 0.3) is 5.91 Å². The summed E-state index contributed by atoms with van der Waals surface area (Å²) in [4.78, 5) is 24.1. The van der Waals surface area contributed by atoms with E-state index in [0.29, 0.717) is 4.90 Å². The SMILES string of the molecule is O=C(N[C@H](CC[S@@](=O)c1ccccc1)C(=O)O)c1ccccc1Cl. The molecule has 0 aliphatic rings. The molecule has 0 aliphatic heterocycles. The summed E-state index contributed by atoms with van der Waals surface area (Å²) in [5, 5.41) is 11.9. The molecule has 0 aliphatic carbocycles. The summed E-state index contributed by atoms with van der Waals surface area (Å²) in [6.07, 6.45) is 0.0486. The van der Waals surface area contributed by atoms with Crippen LogP contribution < -0.4 is 5.32 Å². The normalized spacial score (nSPS) is 13.0. The van der Waals surface area contributed by atoms with Crippen molar-refractivity contribution < 1.29 is 18.9 Å². The van der Waals surface area contributed by atoms with Crippen molar-refractivity contribution in [2.75, 3.05) is 5.75 Å². The van der Waals surface area contributed by atoms with Crippen LogP contribution in [0.3, 0.4) is 0 Å². The van der Waals surface area contributed by atoms with Crippen LogP contribution in [0.25, 0.3) is 0 Å². The molecule has 0 saturated heterocycles. The van der Waals surface area contributed by atoms with Gasteiger partial charge in [-0.3, -0.25) is 9.00 Å². The molecule has 2 rings (SSSR count). The Balaban J connectivity index is 2.00. The fraction of sp³-hybridized carbons (Fsp3) is 0.176. The molecular formula is C17H16ClNO4S. The van der Waals surface area contributed by atoms with Crippen LogP contribution in [0.2, 0.25) is 5.02 Å². The molecule has 0 saturated carbocycles. The first kappa shape index (κ1) is 18.2. The van der Waals surface area contributed by atoms with Gasteiger partial charge in [0, 0.05) is 10.6 Å². The zero-order valence-corrected chi connectivity index (χ0v) is 14.2. The highest BCUT2D eigenvalue weighted by Crippen LogP contribution is 2.15. The number of carbonyl (C=O) groups excluding carboxylic acids is 1. The minimum Gasteiger partial charge on any atom is -0.480 e. The predicted molar refractivity (Wildman–Crippen MR) is 92.7 cm³/mol. The van der Waals surface area contributed by atoms with Gasteiger partial charge in [0.1, 0.15) is 6.04 Å². The number of aliphatic carboxylic acids is 1. The number of amides is 1. The zero-order chi connectivity index (χ0) is 17.5. The van der Waals surface area contributed by atoms with Crippen LogP contribution in [0.4, 0.5) is 0 Å². The lowest BCUT2D eigenvalue weighted by molar-refractivity contribution is -0.139. The first-order chi connectivity index (χ1) is 11.5. The van der Waals surface area contributed by atoms with E-state index in [1.165, 1.54) is 6.07 Å². The molecule has 0 heterocycles. The second kappa shape index (κ2) is 8.61. The van der Waals surface area contributed by atoms with E-state index in [9.17, 15) is 18.9 Å². The van der Waals surface area contributed by atoms with Gasteiger partial charge in [0.15, 0.2) is 0 Å². The van der Waals surface area contributed by atoms with Crippen molar-refractivity contribution in [3.05, 3.63) is 65.2 Å². The van der Waals surface area contributed by atoms with Crippen LogP contribution in [-0.2, 0) is 15.6 Å². The Bertz CT molecular complexity index is 751. The molecule has 2 aromatic rings. The molecule has 0 radical (unpaired) electrons. The molecule has 5 nitrogen and oxygen atoms in total. The molecule has 24 heavy (non-hydrogen) atoms. The summed E-state index contributed by atoms with van der Waals surface area (Å²) in [6, 6.07) is 14.0. The summed E-state index contributed by atoms with van der Waals surface area (Å²) in [5.41, 5.74) is 0.203. The minimum absolute atomic E-state index is 0.0486. The maximum Gasteiger partial charge on any atom is 0.326 e. The van der Waals surface area contributed by atoms with E-state index in [-0.39, 0.29) is 22.8 Å². The maximum absolute atomic E-state index is 12.2. The van der Waals surface area contributed by atoms with Gasteiger partial charge in [-0.05, 0) is 30.7 Å². The predicted octanol–water partition coefficient (Wildman–Crippen LogP) is 2.72. The molecule has 0 bridgehead atoms. The number of nitrogens with one attached hydrogen (secondary N) is 1. The van der Waals surface area contributed by atoms with Gasteiger partial charge < -0.3 is 10.4 Å². The lowest BCUT2D eigenvalue weighted by Crippen LogP contribution is -2.41. The van der Waals surface area contributed by atoms with Crippen molar-refractivity contribution in [1.29, 1.82) is 0 Å². The Hall–Kier alpha value is -2.18. The number of hydrogen-bond acceptors (Lipinski definition) is 3. The molecule has 0 unspecified atom stereocenters. The van der Waals surface area contributed by atoms with Crippen molar-refractivity contribution in [3.63, 3.8) is 0 Å². The number of rotatable bonds is 7. The highest BCUT2D eigenvalue weighted by Gasteiger charge is 2.22. The summed E-state index contributed by atoms with van der Waals surface area (Å²) >= 11 is 5.93. The summed E-state index contributed by atoms with van der Waals surface area (Å²) in [7, 11) is -1.32. The molecule has 7 heteroatoms. The van der Waals surface area contributed by atoms with E-state index in [1.807, 2.05) is 6.07 Å². The van der Waals surface area contributed by atoms with Crippen LogP contribution in [0.5, 0.6) is 0 Å². The standard InChI is InChI=1S/C17H16ClNO4S/c18-14-9-5-4-8-13(14)16(20)19-15(17(21)22)10-11-24(23)12-6-2-1-3-7-12/h1-9,15H,10-11H2,(H,19,20)(H,21,22)/t15-,24-/m1/s1. The minimum atomic E-state index is -1.32. The largest absolute Gasteiger partial charge is 0.480 e. The van der Waals surface area contributed by atoms with Gasteiger partial charge in [0.2, 0.25) is 0 Å². The summed E-state index contributed by atoms with van der Waals surface area (Å²) in [5.74, 6) is -1.62. The average molecular weight is 366 g/mol. The maximum atomic E-state index is 12.2. The van der Waals surface area contributed by atoms with E-state index >= 15 is 0 Å². The van der Waals surface area contributed by atoms with E-state index in [4.69, 9.17) is 11.6 Å². The van der Waals surface area contributed by atoms with Crippen LogP contribution in [-0.4, -0.2) is 33.0 Å². The summed E-state index contributed by atoms with van der Waals surface area (Å²) < 4.78 is 12.2. The first-order valence-electron chi connectivity index (χ1n) is 7.20. The molecule has 2 aromatic carbocycles.